The number of carboxylic acids is 1. The van der Waals surface area contributed by atoms with Crippen LogP contribution in [0.5, 0.6) is 5.75 Å². The summed E-state index contributed by atoms with van der Waals surface area (Å²) < 4.78 is 10.7. The Bertz CT molecular complexity index is 505. The molecule has 1 aliphatic rings. The fourth-order valence-corrected chi connectivity index (χ4v) is 2.30. The molecule has 120 valence electrons. The van der Waals surface area contributed by atoms with Gasteiger partial charge in [-0.1, -0.05) is 25.1 Å². The lowest BCUT2D eigenvalue weighted by molar-refractivity contribution is -0.160. The van der Waals surface area contributed by atoms with Gasteiger partial charge in [-0.25, -0.2) is 4.79 Å². The minimum Gasteiger partial charge on any atom is -0.494 e. The lowest BCUT2D eigenvalue weighted by Crippen LogP contribution is -2.50. The van der Waals surface area contributed by atoms with Gasteiger partial charge in [0, 0.05) is 12.5 Å². The molecule has 2 rings (SSSR count). The maximum atomic E-state index is 12.3. The van der Waals surface area contributed by atoms with Crippen LogP contribution in [-0.4, -0.2) is 54.3 Å². The van der Waals surface area contributed by atoms with E-state index < -0.39 is 12.1 Å². The Hall–Kier alpha value is -2.08. The van der Waals surface area contributed by atoms with E-state index >= 15 is 0 Å². The number of para-hydroxylation sites is 1. The largest absolute Gasteiger partial charge is 0.494 e. The number of rotatable bonds is 6. The predicted octanol–water partition coefficient (Wildman–Crippen LogP) is 1.40. The van der Waals surface area contributed by atoms with E-state index in [0.717, 1.165) is 5.75 Å². The highest BCUT2D eigenvalue weighted by Crippen LogP contribution is 2.14. The third kappa shape index (κ3) is 4.46. The van der Waals surface area contributed by atoms with Gasteiger partial charge in [0.2, 0.25) is 5.91 Å². The number of carbonyl (C=O) groups excluding carboxylic acids is 1. The molecule has 0 aliphatic carbocycles. The van der Waals surface area contributed by atoms with Gasteiger partial charge in [0.1, 0.15) is 5.75 Å². The second-order valence-electron chi connectivity index (χ2n) is 5.33. The molecule has 2 atom stereocenters. The highest BCUT2D eigenvalue weighted by Gasteiger charge is 2.30. The number of nitrogens with zero attached hydrogens (tertiary/aromatic N) is 1. The summed E-state index contributed by atoms with van der Waals surface area (Å²) in [7, 11) is 0. The van der Waals surface area contributed by atoms with Gasteiger partial charge in [-0.15, -0.1) is 0 Å². The first-order chi connectivity index (χ1) is 10.6. The van der Waals surface area contributed by atoms with Crippen molar-refractivity contribution in [2.45, 2.75) is 19.4 Å². The van der Waals surface area contributed by atoms with Crippen LogP contribution in [0.2, 0.25) is 0 Å². The molecule has 6 heteroatoms. The van der Waals surface area contributed by atoms with Crippen molar-refractivity contribution in [2.75, 3.05) is 26.3 Å². The fraction of sp³-hybridized carbons (Fsp3) is 0.500. The fourth-order valence-electron chi connectivity index (χ4n) is 2.30. The van der Waals surface area contributed by atoms with Crippen molar-refractivity contribution in [1.29, 1.82) is 0 Å². The van der Waals surface area contributed by atoms with Crippen LogP contribution in [0, 0.1) is 5.92 Å². The second kappa shape index (κ2) is 7.79. The van der Waals surface area contributed by atoms with Gasteiger partial charge >= 0.3 is 5.97 Å². The van der Waals surface area contributed by atoms with E-state index in [1.807, 2.05) is 37.3 Å². The van der Waals surface area contributed by atoms with Gasteiger partial charge < -0.3 is 19.5 Å². The van der Waals surface area contributed by atoms with E-state index in [4.69, 9.17) is 14.6 Å². The van der Waals surface area contributed by atoms with Gasteiger partial charge in [0.15, 0.2) is 6.10 Å². The van der Waals surface area contributed by atoms with Gasteiger partial charge in [0.05, 0.1) is 19.8 Å². The van der Waals surface area contributed by atoms with Crippen molar-refractivity contribution < 1.29 is 24.2 Å². The van der Waals surface area contributed by atoms with Crippen LogP contribution in [0.3, 0.4) is 0 Å². The van der Waals surface area contributed by atoms with E-state index in [0.29, 0.717) is 19.6 Å². The summed E-state index contributed by atoms with van der Waals surface area (Å²) in [6.07, 6.45) is -0.339. The molecule has 0 saturated carbocycles. The molecule has 1 aliphatic heterocycles. The molecule has 0 aromatic heterocycles. The number of carboxylic acid groups (broad SMARTS) is 1. The number of hydrogen-bond acceptors (Lipinski definition) is 4. The first-order valence-electron chi connectivity index (χ1n) is 7.39. The van der Waals surface area contributed by atoms with Crippen LogP contribution in [0.25, 0.3) is 0 Å². The average molecular weight is 307 g/mol. The molecule has 6 nitrogen and oxygen atoms in total. The predicted molar refractivity (Wildman–Crippen MR) is 79.7 cm³/mol. The van der Waals surface area contributed by atoms with Crippen LogP contribution < -0.4 is 4.74 Å². The molecular weight excluding hydrogens is 286 g/mol. The number of benzene rings is 1. The smallest absolute Gasteiger partial charge is 0.334 e. The molecule has 1 amide bonds. The third-order valence-electron chi connectivity index (χ3n) is 3.64. The van der Waals surface area contributed by atoms with Crippen LogP contribution >= 0.6 is 0 Å². The topological polar surface area (TPSA) is 76.1 Å². The van der Waals surface area contributed by atoms with Crippen molar-refractivity contribution in [3.63, 3.8) is 0 Å². The molecule has 0 radical (unpaired) electrons. The summed E-state index contributed by atoms with van der Waals surface area (Å²) >= 11 is 0. The number of hydrogen-bond donors (Lipinski definition) is 1. The average Bonchev–Trinajstić information content (AvgIpc) is 2.55. The van der Waals surface area contributed by atoms with Gasteiger partial charge in [0.25, 0.3) is 0 Å². The van der Waals surface area contributed by atoms with Crippen molar-refractivity contribution >= 4 is 11.9 Å². The van der Waals surface area contributed by atoms with E-state index in [9.17, 15) is 9.59 Å². The summed E-state index contributed by atoms with van der Waals surface area (Å²) in [5.41, 5.74) is 0. The number of morpholine rings is 1. The molecule has 22 heavy (non-hydrogen) atoms. The molecule has 1 aromatic rings. The highest BCUT2D eigenvalue weighted by atomic mass is 16.5. The van der Waals surface area contributed by atoms with Gasteiger partial charge in [-0.3, -0.25) is 4.79 Å². The minimum absolute atomic E-state index is 0.0498. The standard InChI is InChI=1S/C16H21NO5/c1-12(7-9-21-13-5-3-2-4-6-13)15(18)17-8-10-22-14(11-17)16(19)20/h2-6,12,14H,7-11H2,1H3,(H,19,20). The lowest BCUT2D eigenvalue weighted by atomic mass is 10.1. The van der Waals surface area contributed by atoms with E-state index in [-0.39, 0.29) is 25.0 Å². The Morgan fingerprint density at radius 3 is 2.82 bits per heavy atom. The first-order valence-corrected chi connectivity index (χ1v) is 7.39. The summed E-state index contributed by atoms with van der Waals surface area (Å²) in [6.45, 7) is 3.09. The maximum Gasteiger partial charge on any atom is 0.334 e. The summed E-state index contributed by atoms with van der Waals surface area (Å²) in [5, 5.41) is 8.96. The molecule has 1 N–H and O–H groups in total. The molecule has 1 heterocycles. The van der Waals surface area contributed by atoms with E-state index in [1.165, 1.54) is 0 Å². The molecular formula is C16H21NO5. The quantitative estimate of drug-likeness (QED) is 0.860. The number of ether oxygens (including phenoxy) is 2. The number of aliphatic carboxylic acids is 1. The zero-order valence-electron chi connectivity index (χ0n) is 12.6. The summed E-state index contributed by atoms with van der Waals surface area (Å²) in [6, 6.07) is 9.43. The maximum absolute atomic E-state index is 12.3. The van der Waals surface area contributed by atoms with E-state index in [2.05, 4.69) is 0 Å². The Kier molecular flexibility index (Phi) is 5.77. The van der Waals surface area contributed by atoms with Crippen LogP contribution in [-0.2, 0) is 14.3 Å². The summed E-state index contributed by atoms with van der Waals surface area (Å²) in [5.74, 6) is -0.514. The number of carbonyl (C=O) groups is 2. The molecule has 0 bridgehead atoms. The molecule has 2 unspecified atom stereocenters. The van der Waals surface area contributed by atoms with E-state index in [1.54, 1.807) is 4.90 Å². The molecule has 0 spiro atoms. The molecule has 1 aromatic carbocycles. The van der Waals surface area contributed by atoms with Crippen molar-refractivity contribution in [3.8, 4) is 5.75 Å². The van der Waals surface area contributed by atoms with Crippen LogP contribution in [0.4, 0.5) is 0 Å². The zero-order chi connectivity index (χ0) is 15.9. The zero-order valence-corrected chi connectivity index (χ0v) is 12.6. The normalized spacial score (nSPS) is 19.5. The minimum atomic E-state index is -1.03. The second-order valence-corrected chi connectivity index (χ2v) is 5.33. The van der Waals surface area contributed by atoms with Crippen LogP contribution in [0.15, 0.2) is 30.3 Å². The lowest BCUT2D eigenvalue weighted by Gasteiger charge is -2.32. The van der Waals surface area contributed by atoms with Crippen molar-refractivity contribution in [3.05, 3.63) is 30.3 Å². The first kappa shape index (κ1) is 16.3. The van der Waals surface area contributed by atoms with Crippen molar-refractivity contribution in [1.82, 2.24) is 4.90 Å². The molecule has 1 fully saturated rings. The highest BCUT2D eigenvalue weighted by molar-refractivity contribution is 5.80. The molecule has 1 saturated heterocycles. The Balaban J connectivity index is 1.78. The van der Waals surface area contributed by atoms with Crippen LogP contribution in [0.1, 0.15) is 13.3 Å². The number of amides is 1. The Labute approximate surface area is 129 Å². The third-order valence-corrected chi connectivity index (χ3v) is 3.64. The van der Waals surface area contributed by atoms with Gasteiger partial charge in [-0.05, 0) is 18.6 Å². The SMILES string of the molecule is CC(CCOc1ccccc1)C(=O)N1CCOC(C(=O)O)C1. The monoisotopic (exact) mass is 307 g/mol. The van der Waals surface area contributed by atoms with Crippen molar-refractivity contribution in [2.24, 2.45) is 5.92 Å². The Morgan fingerprint density at radius 2 is 2.14 bits per heavy atom. The summed E-state index contributed by atoms with van der Waals surface area (Å²) in [4.78, 5) is 24.8. The van der Waals surface area contributed by atoms with Gasteiger partial charge in [-0.2, -0.15) is 0 Å². The Morgan fingerprint density at radius 1 is 1.41 bits per heavy atom.